The maximum Gasteiger partial charge on any atom is 0.255 e. The topological polar surface area (TPSA) is 39.3 Å². The molecule has 4 nitrogen and oxygen atoms in total. The molecule has 3 rings (SSSR count). The number of piperidine rings is 1. The summed E-state index contributed by atoms with van der Waals surface area (Å²) in [5, 5.41) is 0. The van der Waals surface area contributed by atoms with E-state index >= 15 is 0 Å². The summed E-state index contributed by atoms with van der Waals surface area (Å²) < 4.78 is 0. The standard InChI is InChI=1S/C22H31N3O/c1-17-7-4-5-9-20(17)11-14-25-13-6-8-19(16-25)15-24(3)22(26)21-10-12-23-18(21)2/h4-5,7,9-10,12,19,23H,6,8,11,13-16H2,1-3H3/t19-/m0/s1. The maximum atomic E-state index is 12.6. The molecule has 0 unspecified atom stereocenters. The molecular formula is C22H31N3O. The van der Waals surface area contributed by atoms with Gasteiger partial charge in [0.2, 0.25) is 0 Å². The molecule has 0 saturated carbocycles. The van der Waals surface area contributed by atoms with E-state index in [0.717, 1.165) is 37.3 Å². The third-order valence-corrected chi connectivity index (χ3v) is 5.62. The summed E-state index contributed by atoms with van der Waals surface area (Å²) in [7, 11) is 1.93. The van der Waals surface area contributed by atoms with Crippen molar-refractivity contribution in [1.29, 1.82) is 0 Å². The van der Waals surface area contributed by atoms with E-state index in [-0.39, 0.29) is 5.91 Å². The fraction of sp³-hybridized carbons (Fsp3) is 0.500. The molecule has 4 heteroatoms. The van der Waals surface area contributed by atoms with Gasteiger partial charge in [0.05, 0.1) is 5.56 Å². The number of carbonyl (C=O) groups excluding carboxylic acids is 1. The fourth-order valence-electron chi connectivity index (χ4n) is 4.03. The Labute approximate surface area is 157 Å². The average Bonchev–Trinajstić information content (AvgIpc) is 3.06. The Hall–Kier alpha value is -2.07. The Morgan fingerprint density at radius 2 is 2.08 bits per heavy atom. The SMILES string of the molecule is Cc1ccccc1CCN1CCC[C@@H](CN(C)C(=O)c2cc[nH]c2C)C1. The highest BCUT2D eigenvalue weighted by Gasteiger charge is 2.23. The summed E-state index contributed by atoms with van der Waals surface area (Å²) in [5.41, 5.74) is 4.57. The second-order valence-electron chi connectivity index (χ2n) is 7.69. The lowest BCUT2D eigenvalue weighted by atomic mass is 9.96. The van der Waals surface area contributed by atoms with Crippen LogP contribution in [0.3, 0.4) is 0 Å². The molecule has 0 aliphatic carbocycles. The molecule has 0 spiro atoms. The first-order valence-electron chi connectivity index (χ1n) is 9.71. The lowest BCUT2D eigenvalue weighted by molar-refractivity contribution is 0.0730. The average molecular weight is 354 g/mol. The number of aromatic nitrogens is 1. The van der Waals surface area contributed by atoms with Crippen molar-refractivity contribution < 1.29 is 4.79 Å². The van der Waals surface area contributed by atoms with Crippen LogP contribution < -0.4 is 0 Å². The molecule has 0 radical (unpaired) electrons. The molecule has 1 amide bonds. The van der Waals surface area contributed by atoms with Crippen LogP contribution in [0.15, 0.2) is 36.5 Å². The second kappa shape index (κ2) is 8.54. The lowest BCUT2D eigenvalue weighted by Crippen LogP contribution is -2.42. The van der Waals surface area contributed by atoms with Crippen LogP contribution in [0.1, 0.15) is 40.0 Å². The fourth-order valence-corrected chi connectivity index (χ4v) is 4.03. The molecule has 1 saturated heterocycles. The highest BCUT2D eigenvalue weighted by atomic mass is 16.2. The van der Waals surface area contributed by atoms with Gasteiger partial charge in [0, 0.05) is 38.6 Å². The number of rotatable bonds is 6. The highest BCUT2D eigenvalue weighted by Crippen LogP contribution is 2.19. The van der Waals surface area contributed by atoms with Crippen molar-refractivity contribution in [2.24, 2.45) is 5.92 Å². The highest BCUT2D eigenvalue weighted by molar-refractivity contribution is 5.95. The minimum atomic E-state index is 0.126. The van der Waals surface area contributed by atoms with Gasteiger partial charge in [-0.1, -0.05) is 24.3 Å². The van der Waals surface area contributed by atoms with Crippen LogP contribution in [0.4, 0.5) is 0 Å². The first kappa shape index (κ1) is 18.7. The zero-order valence-electron chi connectivity index (χ0n) is 16.3. The van der Waals surface area contributed by atoms with Crippen LogP contribution >= 0.6 is 0 Å². The minimum absolute atomic E-state index is 0.126. The monoisotopic (exact) mass is 353 g/mol. The van der Waals surface area contributed by atoms with E-state index in [2.05, 4.69) is 41.1 Å². The van der Waals surface area contributed by atoms with Crippen LogP contribution in [0.25, 0.3) is 0 Å². The summed E-state index contributed by atoms with van der Waals surface area (Å²) in [6, 6.07) is 10.5. The van der Waals surface area contributed by atoms with Crippen molar-refractivity contribution in [3.8, 4) is 0 Å². The van der Waals surface area contributed by atoms with Crippen LogP contribution in [0, 0.1) is 19.8 Å². The second-order valence-corrected chi connectivity index (χ2v) is 7.69. The Balaban J connectivity index is 1.51. The van der Waals surface area contributed by atoms with Crippen molar-refractivity contribution in [2.45, 2.75) is 33.1 Å². The zero-order valence-corrected chi connectivity index (χ0v) is 16.3. The van der Waals surface area contributed by atoms with Gasteiger partial charge in [-0.15, -0.1) is 0 Å². The number of hydrogen-bond donors (Lipinski definition) is 1. The molecule has 0 bridgehead atoms. The molecule has 2 aromatic rings. The molecule has 1 aliphatic rings. The molecule has 1 atom stereocenters. The van der Waals surface area contributed by atoms with Gasteiger partial charge in [-0.05, 0) is 62.8 Å². The predicted molar refractivity (Wildman–Crippen MR) is 107 cm³/mol. The van der Waals surface area contributed by atoms with Crippen molar-refractivity contribution in [3.63, 3.8) is 0 Å². The summed E-state index contributed by atoms with van der Waals surface area (Å²) >= 11 is 0. The van der Waals surface area contributed by atoms with E-state index in [1.807, 2.05) is 31.1 Å². The van der Waals surface area contributed by atoms with Crippen molar-refractivity contribution in [1.82, 2.24) is 14.8 Å². The maximum absolute atomic E-state index is 12.6. The Kier molecular flexibility index (Phi) is 6.15. The molecule has 2 heterocycles. The number of H-pyrrole nitrogens is 1. The summed E-state index contributed by atoms with van der Waals surface area (Å²) in [4.78, 5) is 20.2. The number of nitrogens with zero attached hydrogens (tertiary/aromatic N) is 2. The van der Waals surface area contributed by atoms with E-state index in [4.69, 9.17) is 0 Å². The minimum Gasteiger partial charge on any atom is -0.365 e. The smallest absolute Gasteiger partial charge is 0.255 e. The van der Waals surface area contributed by atoms with E-state index in [0.29, 0.717) is 5.92 Å². The molecule has 1 fully saturated rings. The van der Waals surface area contributed by atoms with Crippen molar-refractivity contribution >= 4 is 5.91 Å². The van der Waals surface area contributed by atoms with E-state index in [9.17, 15) is 4.79 Å². The van der Waals surface area contributed by atoms with Crippen LogP contribution in [-0.4, -0.2) is 53.9 Å². The first-order chi connectivity index (χ1) is 12.5. The number of nitrogens with one attached hydrogen (secondary N) is 1. The van der Waals surface area contributed by atoms with Gasteiger partial charge in [-0.25, -0.2) is 0 Å². The van der Waals surface area contributed by atoms with Crippen LogP contribution in [-0.2, 0) is 6.42 Å². The van der Waals surface area contributed by atoms with E-state index in [1.165, 1.54) is 30.5 Å². The Morgan fingerprint density at radius 1 is 1.27 bits per heavy atom. The van der Waals surface area contributed by atoms with Gasteiger partial charge in [0.15, 0.2) is 0 Å². The third kappa shape index (κ3) is 4.55. The van der Waals surface area contributed by atoms with Gasteiger partial charge >= 0.3 is 0 Å². The Morgan fingerprint density at radius 3 is 2.81 bits per heavy atom. The zero-order chi connectivity index (χ0) is 18.5. The number of amides is 1. The predicted octanol–water partition coefficient (Wildman–Crippen LogP) is 3.66. The first-order valence-corrected chi connectivity index (χ1v) is 9.71. The molecule has 1 aliphatic heterocycles. The molecular weight excluding hydrogens is 322 g/mol. The summed E-state index contributed by atoms with van der Waals surface area (Å²) in [5.74, 6) is 0.689. The van der Waals surface area contributed by atoms with Crippen LogP contribution in [0.5, 0.6) is 0 Å². The van der Waals surface area contributed by atoms with Gasteiger partial charge < -0.3 is 14.8 Å². The molecule has 1 aromatic heterocycles. The van der Waals surface area contributed by atoms with Crippen LogP contribution in [0.2, 0.25) is 0 Å². The number of carbonyl (C=O) groups is 1. The van der Waals surface area contributed by atoms with E-state index < -0.39 is 0 Å². The van der Waals surface area contributed by atoms with E-state index in [1.54, 1.807) is 0 Å². The van der Waals surface area contributed by atoms with Gasteiger partial charge in [0.1, 0.15) is 0 Å². The van der Waals surface area contributed by atoms with Gasteiger partial charge in [-0.3, -0.25) is 4.79 Å². The summed E-state index contributed by atoms with van der Waals surface area (Å²) in [6.45, 7) is 8.36. The Bertz CT molecular complexity index is 736. The summed E-state index contributed by atoms with van der Waals surface area (Å²) in [6.07, 6.45) is 5.38. The number of benzene rings is 1. The number of aromatic amines is 1. The van der Waals surface area contributed by atoms with Crippen molar-refractivity contribution in [2.75, 3.05) is 33.2 Å². The largest absolute Gasteiger partial charge is 0.365 e. The van der Waals surface area contributed by atoms with Gasteiger partial charge in [-0.2, -0.15) is 0 Å². The molecule has 26 heavy (non-hydrogen) atoms. The molecule has 140 valence electrons. The number of aryl methyl sites for hydroxylation is 2. The quantitative estimate of drug-likeness (QED) is 0.861. The molecule has 1 aromatic carbocycles. The normalized spacial score (nSPS) is 18.0. The molecule has 1 N–H and O–H groups in total. The van der Waals surface area contributed by atoms with Crippen molar-refractivity contribution in [3.05, 3.63) is 58.9 Å². The number of likely N-dealkylation sites (tertiary alicyclic amines) is 1. The number of hydrogen-bond acceptors (Lipinski definition) is 2. The van der Waals surface area contributed by atoms with Gasteiger partial charge in [0.25, 0.3) is 5.91 Å². The lowest BCUT2D eigenvalue weighted by Gasteiger charge is -2.34. The third-order valence-electron chi connectivity index (χ3n) is 5.62.